The second-order valence-corrected chi connectivity index (χ2v) is 3.79. The molecule has 0 aliphatic carbocycles. The first-order valence-electron chi connectivity index (χ1n) is 5.22. The molecule has 0 spiro atoms. The second-order valence-electron chi connectivity index (χ2n) is 3.35. The van der Waals surface area contributed by atoms with Crippen LogP contribution in [0.5, 0.6) is 5.75 Å². The van der Waals surface area contributed by atoms with Crippen molar-refractivity contribution in [1.82, 2.24) is 15.2 Å². The zero-order valence-corrected chi connectivity index (χ0v) is 10.3. The number of hydrogen-bond acceptors (Lipinski definition) is 4. The maximum absolute atomic E-state index is 5.94. The van der Waals surface area contributed by atoms with Gasteiger partial charge in [-0.05, 0) is 18.2 Å². The van der Waals surface area contributed by atoms with E-state index in [4.69, 9.17) is 16.3 Å². The summed E-state index contributed by atoms with van der Waals surface area (Å²) in [5.74, 6) is 1.10. The van der Waals surface area contributed by atoms with Crippen LogP contribution in [0, 0.1) is 0 Å². The van der Waals surface area contributed by atoms with Crippen molar-refractivity contribution in [3.8, 4) is 5.75 Å². The van der Waals surface area contributed by atoms with Gasteiger partial charge in [0.2, 0.25) is 5.95 Å². The number of aliphatic imine (C=N–C) groups is 1. The predicted molar refractivity (Wildman–Crippen MR) is 70.8 cm³/mol. The molecule has 0 radical (unpaired) electrons. The molecule has 0 unspecified atom stereocenters. The van der Waals surface area contributed by atoms with E-state index < -0.39 is 0 Å². The lowest BCUT2D eigenvalue weighted by Crippen LogP contribution is -1.96. The highest BCUT2D eigenvalue weighted by Crippen LogP contribution is 2.22. The Morgan fingerprint density at radius 3 is 3.11 bits per heavy atom. The van der Waals surface area contributed by atoms with E-state index in [0.29, 0.717) is 23.3 Å². The minimum absolute atomic E-state index is 0.421. The lowest BCUT2D eigenvalue weighted by molar-refractivity contribution is 0.363. The third kappa shape index (κ3) is 3.18. The van der Waals surface area contributed by atoms with Gasteiger partial charge in [-0.15, -0.1) is 0 Å². The zero-order valence-electron chi connectivity index (χ0n) is 9.51. The van der Waals surface area contributed by atoms with Gasteiger partial charge in [0.15, 0.2) is 0 Å². The van der Waals surface area contributed by atoms with Crippen molar-refractivity contribution in [3.05, 3.63) is 47.8 Å². The molecule has 0 saturated carbocycles. The molecule has 1 aromatic carbocycles. The molecule has 18 heavy (non-hydrogen) atoms. The molecule has 0 saturated heterocycles. The molecule has 1 N–H and O–H groups in total. The number of aromatic amines is 1. The van der Waals surface area contributed by atoms with Crippen molar-refractivity contribution in [2.75, 3.05) is 6.61 Å². The Morgan fingerprint density at radius 2 is 2.39 bits per heavy atom. The van der Waals surface area contributed by atoms with Crippen LogP contribution in [0.15, 0.2) is 42.2 Å². The van der Waals surface area contributed by atoms with Crippen molar-refractivity contribution in [2.45, 2.75) is 0 Å². The monoisotopic (exact) mass is 262 g/mol. The number of rotatable bonds is 5. The average molecular weight is 263 g/mol. The van der Waals surface area contributed by atoms with E-state index in [-0.39, 0.29) is 0 Å². The minimum Gasteiger partial charge on any atom is -0.489 e. The van der Waals surface area contributed by atoms with Crippen LogP contribution in [0.2, 0.25) is 5.02 Å². The van der Waals surface area contributed by atoms with Crippen LogP contribution in [0.1, 0.15) is 5.56 Å². The van der Waals surface area contributed by atoms with Gasteiger partial charge in [-0.1, -0.05) is 24.3 Å². The second kappa shape index (κ2) is 5.97. The summed E-state index contributed by atoms with van der Waals surface area (Å²) in [7, 11) is 0. The normalized spacial score (nSPS) is 10.7. The predicted octanol–water partition coefficient (Wildman–Crippen LogP) is 2.77. The lowest BCUT2D eigenvalue weighted by atomic mass is 10.2. The summed E-state index contributed by atoms with van der Waals surface area (Å²) in [6.45, 7) is 4.02. The van der Waals surface area contributed by atoms with Crippen LogP contribution in [0.3, 0.4) is 0 Å². The maximum atomic E-state index is 5.94. The fraction of sp³-hybridized carbons (Fsp3) is 0.0833. The van der Waals surface area contributed by atoms with E-state index in [1.54, 1.807) is 30.5 Å². The fourth-order valence-electron chi connectivity index (χ4n) is 1.29. The Morgan fingerprint density at radius 1 is 1.50 bits per heavy atom. The summed E-state index contributed by atoms with van der Waals surface area (Å²) in [5, 5.41) is 6.95. The summed E-state index contributed by atoms with van der Waals surface area (Å²) in [5.41, 5.74) is 0.765. The smallest absolute Gasteiger partial charge is 0.245 e. The van der Waals surface area contributed by atoms with Crippen molar-refractivity contribution in [2.24, 2.45) is 4.99 Å². The van der Waals surface area contributed by atoms with E-state index in [0.717, 1.165) is 5.56 Å². The van der Waals surface area contributed by atoms with Gasteiger partial charge in [-0.2, -0.15) is 10.1 Å². The number of hydrogen-bond donors (Lipinski definition) is 1. The van der Waals surface area contributed by atoms with E-state index in [9.17, 15) is 0 Å². The summed E-state index contributed by atoms with van der Waals surface area (Å²) < 4.78 is 5.50. The van der Waals surface area contributed by atoms with E-state index >= 15 is 0 Å². The number of benzene rings is 1. The van der Waals surface area contributed by atoms with Gasteiger partial charge in [0.1, 0.15) is 18.7 Å². The molecule has 2 aromatic rings. The van der Waals surface area contributed by atoms with Gasteiger partial charge in [0, 0.05) is 16.8 Å². The summed E-state index contributed by atoms with van der Waals surface area (Å²) in [6.07, 6.45) is 4.68. The number of H-pyrrole nitrogens is 1. The van der Waals surface area contributed by atoms with Crippen LogP contribution in [-0.4, -0.2) is 28.0 Å². The Kier molecular flexibility index (Phi) is 4.09. The van der Waals surface area contributed by atoms with E-state index in [1.807, 2.05) is 0 Å². The Labute approximate surface area is 109 Å². The molecule has 0 aliphatic heterocycles. The fourth-order valence-corrected chi connectivity index (χ4v) is 1.47. The molecule has 0 aliphatic rings. The molecule has 92 valence electrons. The molecular weight excluding hydrogens is 252 g/mol. The molecule has 1 heterocycles. The molecule has 0 bridgehead atoms. The minimum atomic E-state index is 0.421. The van der Waals surface area contributed by atoms with Crippen molar-refractivity contribution in [1.29, 1.82) is 0 Å². The average Bonchev–Trinajstić information content (AvgIpc) is 2.88. The van der Waals surface area contributed by atoms with Crippen molar-refractivity contribution < 1.29 is 4.74 Å². The van der Waals surface area contributed by atoms with Crippen molar-refractivity contribution >= 4 is 23.8 Å². The molecule has 1 aromatic heterocycles. The zero-order chi connectivity index (χ0) is 12.8. The van der Waals surface area contributed by atoms with Crippen molar-refractivity contribution in [3.63, 3.8) is 0 Å². The molecule has 0 fully saturated rings. The maximum Gasteiger partial charge on any atom is 0.245 e. The molecular formula is C12H11ClN4O. The number of nitrogens with one attached hydrogen (secondary N) is 1. The highest BCUT2D eigenvalue weighted by atomic mass is 35.5. The largest absolute Gasteiger partial charge is 0.489 e. The molecule has 0 atom stereocenters. The van der Waals surface area contributed by atoms with Crippen LogP contribution in [-0.2, 0) is 0 Å². The number of nitrogens with zero attached hydrogens (tertiary/aromatic N) is 3. The van der Waals surface area contributed by atoms with Gasteiger partial charge >= 0.3 is 0 Å². The van der Waals surface area contributed by atoms with Crippen LogP contribution in [0.25, 0.3) is 0 Å². The summed E-state index contributed by atoms with van der Waals surface area (Å²) >= 11 is 5.94. The van der Waals surface area contributed by atoms with Crippen LogP contribution < -0.4 is 4.74 Å². The van der Waals surface area contributed by atoms with E-state index in [2.05, 4.69) is 26.8 Å². The van der Waals surface area contributed by atoms with Gasteiger partial charge in [-0.3, -0.25) is 0 Å². The molecule has 6 heteroatoms. The Hall–Kier alpha value is -2.14. The van der Waals surface area contributed by atoms with Crippen LogP contribution in [0.4, 0.5) is 5.95 Å². The van der Waals surface area contributed by atoms with Crippen LogP contribution >= 0.6 is 11.6 Å². The highest BCUT2D eigenvalue weighted by molar-refractivity contribution is 6.30. The standard InChI is InChI=1S/C12H11ClN4O/c1-2-5-18-11-4-3-10(13)6-9(11)7-14-12-15-8-16-17-12/h2-4,6-8H,1,5H2,(H,15,16,17). The quantitative estimate of drug-likeness (QED) is 0.666. The third-order valence-electron chi connectivity index (χ3n) is 2.06. The topological polar surface area (TPSA) is 63.2 Å². The molecule has 2 rings (SSSR count). The first-order valence-corrected chi connectivity index (χ1v) is 5.60. The summed E-state index contributed by atoms with van der Waals surface area (Å²) in [6, 6.07) is 5.30. The number of halogens is 1. The first-order chi connectivity index (χ1) is 8.79. The number of aromatic nitrogens is 3. The molecule has 0 amide bonds. The third-order valence-corrected chi connectivity index (χ3v) is 2.29. The Balaban J connectivity index is 2.24. The number of ether oxygens (including phenoxy) is 1. The van der Waals surface area contributed by atoms with E-state index in [1.165, 1.54) is 6.33 Å². The van der Waals surface area contributed by atoms with Gasteiger partial charge < -0.3 is 4.74 Å². The SMILES string of the molecule is C=CCOc1ccc(Cl)cc1C=Nc1ncn[nH]1. The van der Waals surface area contributed by atoms with Gasteiger partial charge in [-0.25, -0.2) is 10.1 Å². The van der Waals surface area contributed by atoms with Gasteiger partial charge in [0.05, 0.1) is 0 Å². The Bertz CT molecular complexity index is 551. The molecule has 5 nitrogen and oxygen atoms in total. The highest BCUT2D eigenvalue weighted by Gasteiger charge is 2.02. The van der Waals surface area contributed by atoms with Gasteiger partial charge in [0.25, 0.3) is 0 Å². The summed E-state index contributed by atoms with van der Waals surface area (Å²) in [4.78, 5) is 8.02. The first kappa shape index (κ1) is 12.3. The lowest BCUT2D eigenvalue weighted by Gasteiger charge is -2.06.